The largest absolute Gasteiger partial charge is 0.349 e. The van der Waals surface area contributed by atoms with Crippen LogP contribution in [0, 0.1) is 0 Å². The Labute approximate surface area is 80.0 Å². The summed E-state index contributed by atoms with van der Waals surface area (Å²) in [5.41, 5.74) is 1.29. The second-order valence-electron chi connectivity index (χ2n) is 3.84. The Morgan fingerprint density at radius 1 is 1.62 bits per heavy atom. The Hall–Kier alpha value is -0.830. The third-order valence-electron chi connectivity index (χ3n) is 2.38. The number of amides is 1. The summed E-state index contributed by atoms with van der Waals surface area (Å²) in [6.45, 7) is 2.06. The molecule has 0 aromatic rings. The fourth-order valence-electron chi connectivity index (χ4n) is 1.33. The van der Waals surface area contributed by atoms with Gasteiger partial charge in [0, 0.05) is 33.6 Å². The predicted molar refractivity (Wildman–Crippen MR) is 53.5 cm³/mol. The van der Waals surface area contributed by atoms with Crippen LogP contribution in [0.4, 0.5) is 0 Å². The molecule has 1 heterocycles. The molecule has 0 radical (unpaired) electrons. The molecular formula is C10H18N2O. The third kappa shape index (κ3) is 3.19. The Morgan fingerprint density at radius 2 is 2.31 bits per heavy atom. The van der Waals surface area contributed by atoms with Gasteiger partial charge >= 0.3 is 0 Å². The average molecular weight is 182 g/mol. The van der Waals surface area contributed by atoms with Crippen molar-refractivity contribution in [1.82, 2.24) is 9.80 Å². The molecule has 74 valence electrons. The van der Waals surface area contributed by atoms with Crippen molar-refractivity contribution in [3.63, 3.8) is 0 Å². The quantitative estimate of drug-likeness (QED) is 0.588. The summed E-state index contributed by atoms with van der Waals surface area (Å²) >= 11 is 0. The van der Waals surface area contributed by atoms with Gasteiger partial charge in [0.05, 0.1) is 0 Å². The lowest BCUT2D eigenvalue weighted by Gasteiger charge is -2.22. The Kier molecular flexibility index (Phi) is 3.48. The maximum Gasteiger partial charge on any atom is 0.226 e. The highest BCUT2D eigenvalue weighted by atomic mass is 16.2. The van der Waals surface area contributed by atoms with Crippen molar-refractivity contribution in [3.05, 3.63) is 11.6 Å². The third-order valence-corrected chi connectivity index (χ3v) is 2.38. The molecule has 1 amide bonds. The summed E-state index contributed by atoms with van der Waals surface area (Å²) in [7, 11) is 5.71. The molecule has 0 aromatic heterocycles. The van der Waals surface area contributed by atoms with Gasteiger partial charge in [-0.25, -0.2) is 0 Å². The Morgan fingerprint density at radius 3 is 2.77 bits per heavy atom. The number of hydrogen-bond acceptors (Lipinski definition) is 2. The maximum absolute atomic E-state index is 11.4. The molecule has 0 saturated carbocycles. The van der Waals surface area contributed by atoms with E-state index in [0.29, 0.717) is 6.42 Å². The molecule has 0 atom stereocenters. The van der Waals surface area contributed by atoms with Crippen LogP contribution in [0.1, 0.15) is 12.8 Å². The van der Waals surface area contributed by atoms with Crippen molar-refractivity contribution in [1.29, 1.82) is 0 Å². The van der Waals surface area contributed by atoms with Crippen molar-refractivity contribution >= 4 is 5.91 Å². The van der Waals surface area contributed by atoms with Gasteiger partial charge < -0.3 is 9.80 Å². The lowest BCUT2D eigenvalue weighted by atomic mass is 10.0. The van der Waals surface area contributed by atoms with E-state index in [9.17, 15) is 4.79 Å². The number of carbonyl (C=O) groups excluding carboxylic acids is 1. The molecule has 0 unspecified atom stereocenters. The molecule has 0 fully saturated rings. The summed E-state index contributed by atoms with van der Waals surface area (Å²) in [4.78, 5) is 15.3. The van der Waals surface area contributed by atoms with Gasteiger partial charge in [0.25, 0.3) is 0 Å². The Balaban J connectivity index is 2.42. The van der Waals surface area contributed by atoms with Crippen LogP contribution in [0.2, 0.25) is 0 Å². The van der Waals surface area contributed by atoms with Gasteiger partial charge in [0.2, 0.25) is 5.91 Å². The highest BCUT2D eigenvalue weighted by Gasteiger charge is 2.12. The molecule has 0 aliphatic carbocycles. The monoisotopic (exact) mass is 182 g/mol. The number of rotatable bonds is 2. The molecule has 0 aromatic carbocycles. The van der Waals surface area contributed by atoms with E-state index >= 15 is 0 Å². The molecule has 0 spiro atoms. The van der Waals surface area contributed by atoms with Crippen LogP contribution in [0.5, 0.6) is 0 Å². The fraction of sp³-hybridized carbons (Fsp3) is 0.700. The summed E-state index contributed by atoms with van der Waals surface area (Å²) < 4.78 is 0. The number of nitrogens with zero attached hydrogens (tertiary/aromatic N) is 2. The molecule has 1 aliphatic heterocycles. The lowest BCUT2D eigenvalue weighted by Crippen LogP contribution is -2.27. The molecule has 3 nitrogen and oxygen atoms in total. The minimum absolute atomic E-state index is 0.204. The van der Waals surface area contributed by atoms with Crippen molar-refractivity contribution in [2.24, 2.45) is 0 Å². The fourth-order valence-corrected chi connectivity index (χ4v) is 1.33. The van der Waals surface area contributed by atoms with Crippen molar-refractivity contribution in [2.45, 2.75) is 12.8 Å². The molecule has 1 aliphatic rings. The summed E-state index contributed by atoms with van der Waals surface area (Å²) in [5.74, 6) is 0.204. The predicted octanol–water partition coefficient (Wildman–Crippen LogP) is 0.727. The van der Waals surface area contributed by atoms with Crippen LogP contribution in [0.15, 0.2) is 11.6 Å². The van der Waals surface area contributed by atoms with Crippen LogP contribution in [-0.4, -0.2) is 49.9 Å². The van der Waals surface area contributed by atoms with E-state index in [4.69, 9.17) is 0 Å². The standard InChI is InChI=1S/C10H18N2O/c1-11(2)10(13)8-9-4-6-12(3)7-5-9/h4H,5-8H2,1-3H3. The van der Waals surface area contributed by atoms with Crippen LogP contribution in [-0.2, 0) is 4.79 Å². The van der Waals surface area contributed by atoms with Crippen LogP contribution < -0.4 is 0 Å². The highest BCUT2D eigenvalue weighted by Crippen LogP contribution is 2.13. The molecule has 0 saturated heterocycles. The highest BCUT2D eigenvalue weighted by molar-refractivity contribution is 5.78. The van der Waals surface area contributed by atoms with E-state index < -0.39 is 0 Å². The number of hydrogen-bond donors (Lipinski definition) is 0. The minimum Gasteiger partial charge on any atom is -0.349 e. The maximum atomic E-state index is 11.4. The van der Waals surface area contributed by atoms with Crippen LogP contribution >= 0.6 is 0 Å². The molecule has 13 heavy (non-hydrogen) atoms. The van der Waals surface area contributed by atoms with Gasteiger partial charge in [0.1, 0.15) is 0 Å². The average Bonchev–Trinajstić information content (AvgIpc) is 2.08. The molecule has 3 heteroatoms. The van der Waals surface area contributed by atoms with E-state index in [2.05, 4.69) is 18.0 Å². The van der Waals surface area contributed by atoms with Gasteiger partial charge in [-0.05, 0) is 13.5 Å². The second-order valence-corrected chi connectivity index (χ2v) is 3.84. The molecular weight excluding hydrogens is 164 g/mol. The van der Waals surface area contributed by atoms with E-state index in [1.165, 1.54) is 5.57 Å². The van der Waals surface area contributed by atoms with E-state index in [0.717, 1.165) is 19.5 Å². The minimum atomic E-state index is 0.204. The number of likely N-dealkylation sites (N-methyl/N-ethyl adjacent to an activating group) is 1. The van der Waals surface area contributed by atoms with Gasteiger partial charge in [-0.1, -0.05) is 11.6 Å². The topological polar surface area (TPSA) is 23.6 Å². The molecule has 1 rings (SSSR count). The second kappa shape index (κ2) is 4.42. The summed E-state index contributed by atoms with van der Waals surface area (Å²) in [6, 6.07) is 0. The van der Waals surface area contributed by atoms with E-state index in [1.807, 2.05) is 0 Å². The SMILES string of the molecule is CN1CC=C(CC(=O)N(C)C)CC1. The van der Waals surface area contributed by atoms with Crippen LogP contribution in [0.25, 0.3) is 0 Å². The normalized spacial score (nSPS) is 18.2. The smallest absolute Gasteiger partial charge is 0.226 e. The van der Waals surface area contributed by atoms with Gasteiger partial charge in [0.15, 0.2) is 0 Å². The van der Waals surface area contributed by atoms with Crippen LogP contribution in [0.3, 0.4) is 0 Å². The molecule has 0 N–H and O–H groups in total. The van der Waals surface area contributed by atoms with Gasteiger partial charge in [-0.15, -0.1) is 0 Å². The summed E-state index contributed by atoms with van der Waals surface area (Å²) in [6.07, 6.45) is 3.81. The Bertz CT molecular complexity index is 221. The first-order valence-electron chi connectivity index (χ1n) is 4.66. The van der Waals surface area contributed by atoms with Gasteiger partial charge in [-0.3, -0.25) is 4.79 Å². The van der Waals surface area contributed by atoms with Crippen molar-refractivity contribution < 1.29 is 4.79 Å². The van der Waals surface area contributed by atoms with E-state index in [1.54, 1.807) is 19.0 Å². The zero-order valence-corrected chi connectivity index (χ0v) is 8.71. The zero-order chi connectivity index (χ0) is 9.84. The lowest BCUT2D eigenvalue weighted by molar-refractivity contribution is -0.128. The number of carbonyl (C=O) groups is 1. The van der Waals surface area contributed by atoms with Gasteiger partial charge in [-0.2, -0.15) is 0 Å². The van der Waals surface area contributed by atoms with Crippen molar-refractivity contribution in [3.8, 4) is 0 Å². The molecule has 0 bridgehead atoms. The first-order chi connectivity index (χ1) is 6.09. The first-order valence-corrected chi connectivity index (χ1v) is 4.66. The van der Waals surface area contributed by atoms with E-state index in [-0.39, 0.29) is 5.91 Å². The zero-order valence-electron chi connectivity index (χ0n) is 8.71. The summed E-state index contributed by atoms with van der Waals surface area (Å²) in [5, 5.41) is 0. The first kappa shape index (κ1) is 10.3. The van der Waals surface area contributed by atoms with Crippen molar-refractivity contribution in [2.75, 3.05) is 34.2 Å².